The Hall–Kier alpha value is -3.37. The lowest BCUT2D eigenvalue weighted by molar-refractivity contribution is -0.383. The number of nitriles is 1. The molecule has 2 aromatic carbocycles. The fourth-order valence-corrected chi connectivity index (χ4v) is 2.18. The molecule has 0 atom stereocenters. The van der Waals surface area contributed by atoms with Gasteiger partial charge in [-0.25, -0.2) is 0 Å². The molecule has 2 rings (SSSR count). The van der Waals surface area contributed by atoms with Crippen LogP contribution in [0.25, 0.3) is 0 Å². The van der Waals surface area contributed by atoms with E-state index in [2.05, 4.69) is 10.6 Å². The molecule has 0 radical (unpaired) electrons. The van der Waals surface area contributed by atoms with E-state index in [-0.39, 0.29) is 16.9 Å². The van der Waals surface area contributed by atoms with E-state index in [1.165, 1.54) is 24.4 Å². The van der Waals surface area contributed by atoms with E-state index in [0.29, 0.717) is 11.6 Å². The van der Waals surface area contributed by atoms with Crippen molar-refractivity contribution in [2.24, 2.45) is 0 Å². The number of hydrogen-bond donors (Lipinski definition) is 2. The van der Waals surface area contributed by atoms with Crippen molar-refractivity contribution < 1.29 is 9.72 Å². The molecule has 7 nitrogen and oxygen atoms in total. The minimum atomic E-state index is -0.747. The first-order chi connectivity index (χ1) is 12.0. The molecule has 0 aliphatic heterocycles. The number of halogens is 1. The molecule has 0 aliphatic carbocycles. The Morgan fingerprint density at radius 1 is 1.24 bits per heavy atom. The number of benzene rings is 2. The zero-order chi connectivity index (χ0) is 18.2. The topological polar surface area (TPSA) is 108 Å². The van der Waals surface area contributed by atoms with Gasteiger partial charge in [-0.2, -0.15) is 5.26 Å². The van der Waals surface area contributed by atoms with E-state index in [1.54, 1.807) is 24.3 Å². The van der Waals surface area contributed by atoms with Crippen molar-refractivity contribution in [1.29, 1.82) is 5.26 Å². The summed E-state index contributed by atoms with van der Waals surface area (Å²) in [5.41, 5.74) is 0.351. The number of nitro groups is 1. The maximum atomic E-state index is 12.1. The molecule has 0 aromatic heterocycles. The molecule has 0 bridgehead atoms. The Kier molecular flexibility index (Phi) is 6.09. The lowest BCUT2D eigenvalue weighted by atomic mass is 10.2. The van der Waals surface area contributed by atoms with Crippen LogP contribution >= 0.6 is 11.6 Å². The van der Waals surface area contributed by atoms with Gasteiger partial charge >= 0.3 is 0 Å². The molecular weight excluding hydrogens is 344 g/mol. The Balaban J connectivity index is 2.08. The van der Waals surface area contributed by atoms with Crippen LogP contribution in [-0.4, -0.2) is 10.8 Å². The number of para-hydroxylation sites is 2. The monoisotopic (exact) mass is 356 g/mol. The number of nitro benzene ring substituents is 1. The van der Waals surface area contributed by atoms with Crippen LogP contribution in [0.4, 0.5) is 11.4 Å². The van der Waals surface area contributed by atoms with Crippen LogP contribution < -0.4 is 10.6 Å². The van der Waals surface area contributed by atoms with Gasteiger partial charge in [-0.3, -0.25) is 14.9 Å². The zero-order valence-corrected chi connectivity index (χ0v) is 13.7. The number of carbonyl (C=O) groups excluding carboxylic acids is 1. The van der Waals surface area contributed by atoms with Crippen molar-refractivity contribution in [2.75, 3.05) is 5.32 Å². The lowest BCUT2D eigenvalue weighted by Crippen LogP contribution is -2.17. The van der Waals surface area contributed by atoms with E-state index in [1.807, 2.05) is 12.1 Å². The summed E-state index contributed by atoms with van der Waals surface area (Å²) in [6.07, 6.45) is 1.24. The number of amides is 1. The molecule has 25 heavy (non-hydrogen) atoms. The van der Waals surface area contributed by atoms with Crippen LogP contribution in [0.15, 0.2) is 60.3 Å². The predicted molar refractivity (Wildman–Crippen MR) is 93.7 cm³/mol. The molecule has 0 heterocycles. The van der Waals surface area contributed by atoms with Gasteiger partial charge in [0, 0.05) is 23.8 Å². The van der Waals surface area contributed by atoms with Gasteiger partial charge in [-0.1, -0.05) is 41.9 Å². The van der Waals surface area contributed by atoms with Crippen molar-refractivity contribution in [1.82, 2.24) is 5.32 Å². The maximum absolute atomic E-state index is 12.1. The van der Waals surface area contributed by atoms with Gasteiger partial charge in [-0.15, -0.1) is 0 Å². The highest BCUT2D eigenvalue weighted by Gasteiger charge is 2.17. The number of nitrogens with zero attached hydrogens (tertiary/aromatic N) is 2. The average Bonchev–Trinajstić information content (AvgIpc) is 2.60. The Bertz CT molecular complexity index is 874. The highest BCUT2D eigenvalue weighted by Crippen LogP contribution is 2.23. The summed E-state index contributed by atoms with van der Waals surface area (Å²) in [5.74, 6) is -0.747. The predicted octanol–water partition coefficient (Wildman–Crippen LogP) is 3.38. The third-order valence-electron chi connectivity index (χ3n) is 3.21. The van der Waals surface area contributed by atoms with Crippen molar-refractivity contribution >= 4 is 28.9 Å². The van der Waals surface area contributed by atoms with Gasteiger partial charge in [0.25, 0.3) is 11.6 Å². The van der Waals surface area contributed by atoms with E-state index < -0.39 is 10.8 Å². The van der Waals surface area contributed by atoms with E-state index in [4.69, 9.17) is 16.9 Å². The minimum Gasteiger partial charge on any atom is -0.386 e. The summed E-state index contributed by atoms with van der Waals surface area (Å²) < 4.78 is 0. The first-order valence-corrected chi connectivity index (χ1v) is 7.52. The maximum Gasteiger partial charge on any atom is 0.292 e. The molecule has 0 saturated carbocycles. The second-order valence-electron chi connectivity index (χ2n) is 4.87. The second kappa shape index (κ2) is 8.47. The highest BCUT2D eigenvalue weighted by atomic mass is 35.5. The number of nitrogens with one attached hydrogen (secondary N) is 2. The fourth-order valence-electron chi connectivity index (χ4n) is 1.98. The molecule has 0 saturated heterocycles. The number of hydrogen-bond acceptors (Lipinski definition) is 5. The quantitative estimate of drug-likeness (QED) is 0.357. The molecule has 0 aliphatic rings. The summed E-state index contributed by atoms with van der Waals surface area (Å²) in [7, 11) is 0. The molecule has 126 valence electrons. The summed E-state index contributed by atoms with van der Waals surface area (Å²) in [6, 6.07) is 14.6. The average molecular weight is 357 g/mol. The normalized spacial score (nSPS) is 10.6. The molecule has 0 unspecified atom stereocenters. The SMILES string of the molecule is N#C/C(=C/NCc1ccccc1Cl)C(=O)Nc1ccccc1[N+](=O)[O-]. The Morgan fingerprint density at radius 3 is 2.60 bits per heavy atom. The van der Waals surface area contributed by atoms with E-state index in [9.17, 15) is 14.9 Å². The third kappa shape index (κ3) is 4.80. The van der Waals surface area contributed by atoms with Gasteiger partial charge in [0.2, 0.25) is 0 Å². The summed E-state index contributed by atoms with van der Waals surface area (Å²) in [4.78, 5) is 22.5. The molecule has 0 fully saturated rings. The third-order valence-corrected chi connectivity index (χ3v) is 3.58. The van der Waals surface area contributed by atoms with E-state index >= 15 is 0 Å². The minimum absolute atomic E-state index is 0.0183. The van der Waals surface area contributed by atoms with Crippen LogP contribution in [0.1, 0.15) is 5.56 Å². The number of carbonyl (C=O) groups is 1. The molecule has 2 N–H and O–H groups in total. The van der Waals surface area contributed by atoms with Crippen LogP contribution in [0.2, 0.25) is 5.02 Å². The van der Waals surface area contributed by atoms with Crippen LogP contribution in [0.5, 0.6) is 0 Å². The molecule has 8 heteroatoms. The van der Waals surface area contributed by atoms with Crippen LogP contribution in [0.3, 0.4) is 0 Å². The van der Waals surface area contributed by atoms with Gasteiger partial charge in [0.1, 0.15) is 17.3 Å². The van der Waals surface area contributed by atoms with Crippen molar-refractivity contribution in [2.45, 2.75) is 6.54 Å². The van der Waals surface area contributed by atoms with Crippen molar-refractivity contribution in [3.63, 3.8) is 0 Å². The summed E-state index contributed by atoms with van der Waals surface area (Å²) >= 11 is 6.02. The molecular formula is C17H13ClN4O3. The smallest absolute Gasteiger partial charge is 0.292 e. The van der Waals surface area contributed by atoms with Gasteiger partial charge in [0.15, 0.2) is 0 Å². The van der Waals surface area contributed by atoms with Crippen LogP contribution in [0, 0.1) is 21.4 Å². The second-order valence-corrected chi connectivity index (χ2v) is 5.28. The molecule has 0 spiro atoms. The first kappa shape index (κ1) is 18.0. The lowest BCUT2D eigenvalue weighted by Gasteiger charge is -2.06. The first-order valence-electron chi connectivity index (χ1n) is 7.14. The zero-order valence-electron chi connectivity index (χ0n) is 12.9. The van der Waals surface area contributed by atoms with Crippen LogP contribution in [-0.2, 0) is 11.3 Å². The highest BCUT2D eigenvalue weighted by molar-refractivity contribution is 6.31. The van der Waals surface area contributed by atoms with Crippen molar-refractivity contribution in [3.05, 3.63) is 81.0 Å². The summed E-state index contributed by atoms with van der Waals surface area (Å²) in [5, 5.41) is 25.8. The molecule has 1 amide bonds. The largest absolute Gasteiger partial charge is 0.386 e. The standard InChI is InChI=1S/C17H13ClN4O3/c18-14-6-2-1-5-12(14)10-20-11-13(9-19)17(23)21-15-7-3-4-8-16(15)22(24)25/h1-8,11,20H,10H2,(H,21,23)/b13-11-. The van der Waals surface area contributed by atoms with E-state index in [0.717, 1.165) is 5.56 Å². The Morgan fingerprint density at radius 2 is 1.92 bits per heavy atom. The molecule has 2 aromatic rings. The van der Waals surface area contributed by atoms with Gasteiger partial charge < -0.3 is 10.6 Å². The van der Waals surface area contributed by atoms with Gasteiger partial charge in [-0.05, 0) is 17.7 Å². The number of rotatable bonds is 6. The number of anilines is 1. The Labute approximate surface area is 148 Å². The summed E-state index contributed by atoms with van der Waals surface area (Å²) in [6.45, 7) is 0.323. The van der Waals surface area contributed by atoms with Crippen molar-refractivity contribution in [3.8, 4) is 6.07 Å². The fraction of sp³-hybridized carbons (Fsp3) is 0.0588. The van der Waals surface area contributed by atoms with Gasteiger partial charge in [0.05, 0.1) is 4.92 Å².